The Labute approximate surface area is 287 Å². The summed E-state index contributed by atoms with van der Waals surface area (Å²) < 4.78 is 16.5. The fourth-order valence-electron chi connectivity index (χ4n) is 6.40. The Morgan fingerprint density at radius 3 is 2.44 bits per heavy atom. The minimum absolute atomic E-state index is 0.100. The molecule has 0 unspecified atom stereocenters. The van der Waals surface area contributed by atoms with Gasteiger partial charge in [-0.05, 0) is 74.4 Å². The van der Waals surface area contributed by atoms with Gasteiger partial charge < -0.3 is 16.0 Å². The molecule has 2 aliphatic rings. The van der Waals surface area contributed by atoms with Crippen LogP contribution >= 0.6 is 22.9 Å². The molecule has 9 nitrogen and oxygen atoms in total. The molecule has 1 saturated heterocycles. The second-order valence-corrected chi connectivity index (χ2v) is 14.0. The maximum Gasteiger partial charge on any atom is 0.227 e. The minimum Gasteiger partial charge on any atom is -0.399 e. The third-order valence-electron chi connectivity index (χ3n) is 9.06. The first kappa shape index (κ1) is 32.0. The molecule has 0 radical (unpaired) electrons. The van der Waals surface area contributed by atoms with Gasteiger partial charge in [0.25, 0.3) is 0 Å². The molecule has 0 bridgehead atoms. The number of thiophene rings is 1. The van der Waals surface area contributed by atoms with Crippen molar-refractivity contribution in [3.63, 3.8) is 0 Å². The molecule has 2 aliphatic heterocycles. The van der Waals surface area contributed by atoms with Crippen LogP contribution in [0.1, 0.15) is 51.2 Å². The largest absolute Gasteiger partial charge is 0.399 e. The van der Waals surface area contributed by atoms with Gasteiger partial charge in [-0.3, -0.25) is 19.3 Å². The van der Waals surface area contributed by atoms with E-state index in [9.17, 15) is 9.18 Å². The van der Waals surface area contributed by atoms with Crippen LogP contribution in [0.5, 0.6) is 0 Å². The van der Waals surface area contributed by atoms with E-state index in [0.717, 1.165) is 71.5 Å². The van der Waals surface area contributed by atoms with Gasteiger partial charge in [-0.15, -0.1) is 21.5 Å². The minimum atomic E-state index is -0.546. The monoisotopic (exact) mass is 682 g/mol. The number of anilines is 3. The van der Waals surface area contributed by atoms with Crippen LogP contribution in [0.25, 0.3) is 5.00 Å². The third kappa shape index (κ3) is 6.33. The Bertz CT molecular complexity index is 2010. The molecule has 5 aromatic rings. The molecule has 1 amide bonds. The summed E-state index contributed by atoms with van der Waals surface area (Å²) in [4.78, 5) is 24.3. The normalized spacial score (nSPS) is 16.2. The molecule has 7 rings (SSSR count). The van der Waals surface area contributed by atoms with Crippen molar-refractivity contribution < 1.29 is 9.18 Å². The van der Waals surface area contributed by atoms with Crippen molar-refractivity contribution in [2.45, 2.75) is 39.8 Å². The number of benzene rings is 3. The number of rotatable bonds is 7. The van der Waals surface area contributed by atoms with Crippen LogP contribution in [0.3, 0.4) is 0 Å². The van der Waals surface area contributed by atoms with Gasteiger partial charge in [-0.25, -0.2) is 4.39 Å². The Kier molecular flexibility index (Phi) is 8.76. The number of piperazine rings is 1. The van der Waals surface area contributed by atoms with Crippen LogP contribution in [0.4, 0.5) is 21.5 Å². The number of aromatic nitrogens is 3. The molecule has 2 aromatic heterocycles. The Morgan fingerprint density at radius 2 is 1.73 bits per heavy atom. The van der Waals surface area contributed by atoms with Gasteiger partial charge in [0.2, 0.25) is 5.91 Å². The number of hydrogen-bond acceptors (Lipinski definition) is 8. The quantitative estimate of drug-likeness (QED) is 0.182. The fraction of sp³-hybridized carbons (Fsp3) is 0.278. The summed E-state index contributed by atoms with van der Waals surface area (Å²) in [5.74, 6) is 0.944. The Morgan fingerprint density at radius 1 is 1.00 bits per heavy atom. The maximum atomic E-state index is 14.4. The second kappa shape index (κ2) is 13.1. The third-order valence-corrected chi connectivity index (χ3v) is 10.5. The van der Waals surface area contributed by atoms with E-state index in [1.807, 2.05) is 60.0 Å². The van der Waals surface area contributed by atoms with Gasteiger partial charge in [0.05, 0.1) is 17.8 Å². The summed E-state index contributed by atoms with van der Waals surface area (Å²) in [5.41, 5.74) is 12.5. The van der Waals surface area contributed by atoms with E-state index >= 15 is 0 Å². The average molecular weight is 683 g/mol. The lowest BCUT2D eigenvalue weighted by molar-refractivity contribution is -0.116. The van der Waals surface area contributed by atoms with Crippen molar-refractivity contribution in [1.29, 1.82) is 0 Å². The first-order chi connectivity index (χ1) is 23.1. The SMILES string of the molecule is Cc1sc2c(c1C)C(c1ccc(Cl)cc1)=N[C@@H](CC(=O)Nc1ccc(CN3CCN(c4ccc(N)cc4F)CC3)cc1)c1nnc(C)n1-2. The summed E-state index contributed by atoms with van der Waals surface area (Å²) in [7, 11) is 0. The highest BCUT2D eigenvalue weighted by Gasteiger charge is 2.32. The lowest BCUT2D eigenvalue weighted by Gasteiger charge is -2.36. The van der Waals surface area contributed by atoms with Gasteiger partial charge in [0.15, 0.2) is 5.82 Å². The number of nitrogens with two attached hydrogens (primary N) is 1. The molecule has 3 aromatic carbocycles. The van der Waals surface area contributed by atoms with E-state index in [-0.39, 0.29) is 18.1 Å². The summed E-state index contributed by atoms with van der Waals surface area (Å²) in [6.07, 6.45) is 0.100. The Balaban J connectivity index is 1.04. The van der Waals surface area contributed by atoms with Gasteiger partial charge in [-0.1, -0.05) is 35.9 Å². The van der Waals surface area contributed by atoms with Crippen molar-refractivity contribution in [1.82, 2.24) is 19.7 Å². The molecular weight excluding hydrogens is 647 g/mol. The maximum absolute atomic E-state index is 14.4. The number of nitrogens with one attached hydrogen (secondary N) is 1. The molecule has 48 heavy (non-hydrogen) atoms. The van der Waals surface area contributed by atoms with Crippen molar-refractivity contribution in [2.75, 3.05) is 42.1 Å². The van der Waals surface area contributed by atoms with Crippen molar-refractivity contribution in [2.24, 2.45) is 4.99 Å². The van der Waals surface area contributed by atoms with Crippen LogP contribution in [-0.2, 0) is 11.3 Å². The summed E-state index contributed by atoms with van der Waals surface area (Å²) in [6.45, 7) is 10.0. The zero-order chi connectivity index (χ0) is 33.5. The van der Waals surface area contributed by atoms with Crippen LogP contribution in [0.2, 0.25) is 5.02 Å². The molecule has 12 heteroatoms. The highest BCUT2D eigenvalue weighted by molar-refractivity contribution is 7.15. The highest BCUT2D eigenvalue weighted by atomic mass is 35.5. The molecule has 3 N–H and O–H groups in total. The molecule has 1 atom stereocenters. The van der Waals surface area contributed by atoms with Gasteiger partial charge in [0.1, 0.15) is 22.7 Å². The molecule has 4 heterocycles. The van der Waals surface area contributed by atoms with E-state index in [0.29, 0.717) is 27.9 Å². The summed E-state index contributed by atoms with van der Waals surface area (Å²) in [6, 6.07) is 19.9. The van der Waals surface area contributed by atoms with Crippen molar-refractivity contribution in [3.05, 3.63) is 116 Å². The lowest BCUT2D eigenvalue weighted by atomic mass is 9.99. The van der Waals surface area contributed by atoms with Crippen LogP contribution < -0.4 is 16.0 Å². The molecule has 246 valence electrons. The standard InChI is InChI=1S/C36H36ClFN8OS/c1-21-22(2)48-36-33(21)34(25-6-8-26(37)9-7-25)41-30(35-43-42-23(3)46(35)36)19-32(47)40-28-11-4-24(5-12-28)20-44-14-16-45(17-15-44)31-13-10-27(39)18-29(31)38/h4-13,18,30H,14-17,19-20,39H2,1-3H3,(H,40,47)/t30-/m0/s1. The molecule has 0 spiro atoms. The first-order valence-electron chi connectivity index (χ1n) is 15.9. The average Bonchev–Trinajstić information content (AvgIpc) is 3.54. The molecule has 1 fully saturated rings. The van der Waals surface area contributed by atoms with Crippen molar-refractivity contribution >= 4 is 51.6 Å². The smallest absolute Gasteiger partial charge is 0.227 e. The van der Waals surface area contributed by atoms with E-state index in [1.165, 1.54) is 10.9 Å². The number of halogens is 2. The van der Waals surface area contributed by atoms with Crippen LogP contribution in [0.15, 0.2) is 71.7 Å². The number of aryl methyl sites for hydroxylation is 2. The van der Waals surface area contributed by atoms with Gasteiger partial charge in [-0.2, -0.15) is 0 Å². The van der Waals surface area contributed by atoms with E-state index in [4.69, 9.17) is 22.3 Å². The number of carbonyl (C=O) groups is 1. The molecule has 0 saturated carbocycles. The van der Waals surface area contributed by atoms with E-state index < -0.39 is 6.04 Å². The highest BCUT2D eigenvalue weighted by Crippen LogP contribution is 2.39. The molecule has 0 aliphatic carbocycles. The number of amides is 1. The number of nitrogens with zero attached hydrogens (tertiary/aromatic N) is 6. The number of hydrogen-bond donors (Lipinski definition) is 2. The van der Waals surface area contributed by atoms with Crippen LogP contribution in [0, 0.1) is 26.6 Å². The lowest BCUT2D eigenvalue weighted by Crippen LogP contribution is -2.46. The fourth-order valence-corrected chi connectivity index (χ4v) is 7.74. The number of nitrogen functional groups attached to an aromatic ring is 1. The predicted molar refractivity (Wildman–Crippen MR) is 191 cm³/mol. The predicted octanol–water partition coefficient (Wildman–Crippen LogP) is 6.87. The Hall–Kier alpha value is -4.58. The summed E-state index contributed by atoms with van der Waals surface area (Å²) in [5, 5.41) is 13.6. The van der Waals surface area contributed by atoms with Gasteiger partial charge in [0, 0.05) is 65.1 Å². The number of aliphatic imine (C=N–C) groups is 1. The zero-order valence-corrected chi connectivity index (χ0v) is 28.6. The van der Waals surface area contributed by atoms with Crippen molar-refractivity contribution in [3.8, 4) is 5.00 Å². The summed E-state index contributed by atoms with van der Waals surface area (Å²) >= 11 is 7.91. The second-order valence-electron chi connectivity index (χ2n) is 12.3. The number of carbonyl (C=O) groups excluding carboxylic acids is 1. The number of fused-ring (bicyclic) bond motifs is 3. The van der Waals surface area contributed by atoms with Gasteiger partial charge >= 0.3 is 0 Å². The topological polar surface area (TPSA) is 105 Å². The van der Waals surface area contributed by atoms with E-state index in [2.05, 4.69) is 39.2 Å². The zero-order valence-electron chi connectivity index (χ0n) is 27.0. The first-order valence-corrected chi connectivity index (χ1v) is 17.1. The van der Waals surface area contributed by atoms with Crippen LogP contribution in [-0.4, -0.2) is 57.5 Å². The molecular formula is C36H36ClFN8OS. The van der Waals surface area contributed by atoms with E-state index in [1.54, 1.807) is 23.5 Å².